The molecule has 4 atom stereocenters. The lowest BCUT2D eigenvalue weighted by Crippen LogP contribution is -2.60. The standard InChI is InChI=1S/C33H44N2O6/c1-24-33(32(38)39-2)21-27(19-30(36)34-16-9-10-17-34)31(37)35(18-15-25-11-5-3-6-12-25)29(33)20-28(41-24)23-40-22-26-13-7-4-8-14-26/h4,7-8,11,13-14,20,24,27-28H,3,5-6,9-10,12,15-19,21-23H2,1-2H3/t24-,27+,28-,33+/m1/s1. The molecule has 5 rings (SSSR count). The number of hydrogen-bond donors (Lipinski definition) is 0. The fourth-order valence-corrected chi connectivity index (χ4v) is 6.94. The monoisotopic (exact) mass is 564 g/mol. The van der Waals surface area contributed by atoms with E-state index in [0.717, 1.165) is 57.2 Å². The number of rotatable bonds is 10. The Hall–Kier alpha value is -2.97. The maximum atomic E-state index is 14.1. The average molecular weight is 565 g/mol. The van der Waals surface area contributed by atoms with Crippen molar-refractivity contribution < 1.29 is 28.6 Å². The highest BCUT2D eigenvalue weighted by molar-refractivity contribution is 5.92. The molecule has 2 saturated heterocycles. The number of carbonyl (C=O) groups excluding carboxylic acids is 3. The van der Waals surface area contributed by atoms with Crippen LogP contribution in [0.5, 0.6) is 0 Å². The quantitative estimate of drug-likeness (QED) is 0.300. The molecule has 3 aliphatic heterocycles. The lowest BCUT2D eigenvalue weighted by molar-refractivity contribution is -0.178. The van der Waals surface area contributed by atoms with Crippen LogP contribution < -0.4 is 0 Å². The summed E-state index contributed by atoms with van der Waals surface area (Å²) in [7, 11) is 1.38. The molecular weight excluding hydrogens is 520 g/mol. The minimum absolute atomic E-state index is 0.0141. The summed E-state index contributed by atoms with van der Waals surface area (Å²) in [6.45, 7) is 4.55. The van der Waals surface area contributed by atoms with Crippen LogP contribution in [0.15, 0.2) is 53.8 Å². The molecule has 0 N–H and O–H groups in total. The van der Waals surface area contributed by atoms with Crippen molar-refractivity contribution in [2.24, 2.45) is 11.3 Å². The first-order chi connectivity index (χ1) is 19.9. The second-order valence-corrected chi connectivity index (χ2v) is 11.9. The highest BCUT2D eigenvalue weighted by atomic mass is 16.5. The molecule has 222 valence electrons. The molecule has 8 heteroatoms. The van der Waals surface area contributed by atoms with Gasteiger partial charge in [0.1, 0.15) is 11.5 Å². The van der Waals surface area contributed by atoms with Crippen molar-refractivity contribution in [3.05, 3.63) is 59.3 Å². The van der Waals surface area contributed by atoms with E-state index >= 15 is 0 Å². The maximum Gasteiger partial charge on any atom is 0.320 e. The summed E-state index contributed by atoms with van der Waals surface area (Å²) in [5.74, 6) is -1.14. The van der Waals surface area contributed by atoms with E-state index in [2.05, 4.69) is 6.08 Å². The van der Waals surface area contributed by atoms with Gasteiger partial charge in [0.25, 0.3) is 0 Å². The molecule has 8 nitrogen and oxygen atoms in total. The number of hydrogen-bond acceptors (Lipinski definition) is 6. The number of amides is 2. The van der Waals surface area contributed by atoms with E-state index in [0.29, 0.717) is 25.5 Å². The molecule has 0 saturated carbocycles. The summed E-state index contributed by atoms with van der Waals surface area (Å²) < 4.78 is 17.8. The number of carbonyl (C=O) groups is 3. The number of benzene rings is 1. The SMILES string of the molecule is COC(=O)[C@]12C[C@H](CC(=O)N3CCCC3)C(=O)N(CCC3=CCCCC3)C1=C[C@H](COCc1ccccc1)O[C@@H]2C. The molecule has 1 aromatic carbocycles. The number of likely N-dealkylation sites (tertiary alicyclic amines) is 2. The van der Waals surface area contributed by atoms with Gasteiger partial charge in [0.2, 0.25) is 11.8 Å². The number of nitrogens with zero attached hydrogens (tertiary/aromatic N) is 2. The van der Waals surface area contributed by atoms with Gasteiger partial charge in [-0.25, -0.2) is 0 Å². The molecule has 2 amide bonds. The van der Waals surface area contributed by atoms with Crippen molar-refractivity contribution >= 4 is 17.8 Å². The number of esters is 1. The second-order valence-electron chi connectivity index (χ2n) is 11.9. The van der Waals surface area contributed by atoms with Crippen LogP contribution in [0.4, 0.5) is 0 Å². The molecule has 0 unspecified atom stereocenters. The zero-order valence-electron chi connectivity index (χ0n) is 24.5. The summed E-state index contributed by atoms with van der Waals surface area (Å²) in [5.41, 5.74) is 1.89. The fourth-order valence-electron chi connectivity index (χ4n) is 6.94. The summed E-state index contributed by atoms with van der Waals surface area (Å²) in [6, 6.07) is 9.94. The highest BCUT2D eigenvalue weighted by Gasteiger charge is 2.59. The third kappa shape index (κ3) is 6.44. The first-order valence-electron chi connectivity index (χ1n) is 15.3. The van der Waals surface area contributed by atoms with Crippen LogP contribution in [0.2, 0.25) is 0 Å². The maximum absolute atomic E-state index is 14.1. The Bertz CT molecular complexity index is 1160. The summed E-state index contributed by atoms with van der Waals surface area (Å²) in [5, 5.41) is 0. The van der Waals surface area contributed by atoms with E-state index in [-0.39, 0.29) is 24.7 Å². The van der Waals surface area contributed by atoms with Gasteiger partial charge < -0.3 is 24.0 Å². The van der Waals surface area contributed by atoms with Gasteiger partial charge in [0, 0.05) is 37.7 Å². The van der Waals surface area contributed by atoms with Crippen molar-refractivity contribution in [2.45, 2.75) is 83.5 Å². The van der Waals surface area contributed by atoms with E-state index < -0.39 is 29.5 Å². The summed E-state index contributed by atoms with van der Waals surface area (Å²) in [6.07, 6.45) is 10.7. The minimum atomic E-state index is -1.17. The van der Waals surface area contributed by atoms with Crippen LogP contribution in [0.3, 0.4) is 0 Å². The third-order valence-electron chi connectivity index (χ3n) is 9.21. The Morgan fingerprint density at radius 3 is 2.59 bits per heavy atom. The van der Waals surface area contributed by atoms with E-state index in [1.54, 1.807) is 4.90 Å². The van der Waals surface area contributed by atoms with Gasteiger partial charge in [-0.1, -0.05) is 42.0 Å². The molecule has 1 aliphatic carbocycles. The van der Waals surface area contributed by atoms with Crippen molar-refractivity contribution in [3.8, 4) is 0 Å². The fraction of sp³-hybridized carbons (Fsp3) is 0.606. The van der Waals surface area contributed by atoms with Crippen molar-refractivity contribution in [2.75, 3.05) is 33.4 Å². The summed E-state index contributed by atoms with van der Waals surface area (Å²) >= 11 is 0. The summed E-state index contributed by atoms with van der Waals surface area (Å²) in [4.78, 5) is 44.6. The molecule has 41 heavy (non-hydrogen) atoms. The predicted octanol–water partition coefficient (Wildman–Crippen LogP) is 4.79. The Morgan fingerprint density at radius 1 is 1.10 bits per heavy atom. The van der Waals surface area contributed by atoms with Gasteiger partial charge in [-0.2, -0.15) is 0 Å². The number of fused-ring (bicyclic) bond motifs is 1. The Kier molecular flexibility index (Phi) is 9.60. The topological polar surface area (TPSA) is 85.4 Å². The van der Waals surface area contributed by atoms with Gasteiger partial charge in [0.05, 0.1) is 26.4 Å². The van der Waals surface area contributed by atoms with Crippen molar-refractivity contribution in [3.63, 3.8) is 0 Å². The van der Waals surface area contributed by atoms with Gasteiger partial charge in [-0.05, 0) is 69.9 Å². The van der Waals surface area contributed by atoms with E-state index in [1.165, 1.54) is 19.1 Å². The zero-order chi connectivity index (χ0) is 28.8. The number of ether oxygens (including phenoxy) is 3. The molecule has 0 radical (unpaired) electrons. The second kappa shape index (κ2) is 13.3. The van der Waals surface area contributed by atoms with Crippen LogP contribution in [-0.4, -0.2) is 73.1 Å². The zero-order valence-corrected chi connectivity index (χ0v) is 24.5. The molecule has 1 aromatic rings. The Balaban J connectivity index is 1.43. The van der Waals surface area contributed by atoms with E-state index in [1.807, 2.05) is 48.2 Å². The highest BCUT2D eigenvalue weighted by Crippen LogP contribution is 2.50. The van der Waals surface area contributed by atoms with Crippen LogP contribution in [0, 0.1) is 11.3 Å². The lowest BCUT2D eigenvalue weighted by Gasteiger charge is -2.51. The molecule has 0 aromatic heterocycles. The Morgan fingerprint density at radius 2 is 1.88 bits per heavy atom. The minimum Gasteiger partial charge on any atom is -0.468 e. The van der Waals surface area contributed by atoms with Crippen molar-refractivity contribution in [1.29, 1.82) is 0 Å². The normalized spacial score (nSPS) is 28.1. The molecule has 0 spiro atoms. The predicted molar refractivity (Wildman–Crippen MR) is 154 cm³/mol. The molecule has 0 bridgehead atoms. The molecule has 4 aliphatic rings. The average Bonchev–Trinajstić information content (AvgIpc) is 3.54. The number of methoxy groups -OCH3 is 1. The Labute approximate surface area is 243 Å². The van der Waals surface area contributed by atoms with Crippen LogP contribution in [0.25, 0.3) is 0 Å². The first-order valence-corrected chi connectivity index (χ1v) is 15.3. The smallest absolute Gasteiger partial charge is 0.320 e. The van der Waals surface area contributed by atoms with Crippen LogP contribution >= 0.6 is 0 Å². The first kappa shape index (κ1) is 29.5. The van der Waals surface area contributed by atoms with Gasteiger partial charge in [0.15, 0.2) is 0 Å². The van der Waals surface area contributed by atoms with E-state index in [9.17, 15) is 14.4 Å². The molecular formula is C33H44N2O6. The van der Waals surface area contributed by atoms with Crippen molar-refractivity contribution in [1.82, 2.24) is 9.80 Å². The van der Waals surface area contributed by atoms with Gasteiger partial charge in [-0.15, -0.1) is 0 Å². The van der Waals surface area contributed by atoms with E-state index in [4.69, 9.17) is 14.2 Å². The van der Waals surface area contributed by atoms with Crippen LogP contribution in [0.1, 0.15) is 70.3 Å². The molecule has 2 fully saturated rings. The van der Waals surface area contributed by atoms with Gasteiger partial charge >= 0.3 is 5.97 Å². The van der Waals surface area contributed by atoms with Gasteiger partial charge in [-0.3, -0.25) is 14.4 Å². The van der Waals surface area contributed by atoms with Crippen LogP contribution in [-0.2, 0) is 35.2 Å². The number of piperidine rings is 1. The number of allylic oxidation sites excluding steroid dienone is 1. The third-order valence-corrected chi connectivity index (χ3v) is 9.21. The molecule has 3 heterocycles. The largest absolute Gasteiger partial charge is 0.468 e. The lowest BCUT2D eigenvalue weighted by atomic mass is 9.66.